The van der Waals surface area contributed by atoms with Gasteiger partial charge in [0.25, 0.3) is 5.91 Å². The highest BCUT2D eigenvalue weighted by Crippen LogP contribution is 2.27. The van der Waals surface area contributed by atoms with E-state index in [2.05, 4.69) is 41.4 Å². The van der Waals surface area contributed by atoms with Crippen LogP contribution >= 0.6 is 11.3 Å². The maximum Gasteiger partial charge on any atom is 0.279 e. The fourth-order valence-electron chi connectivity index (χ4n) is 2.65. The van der Waals surface area contributed by atoms with Gasteiger partial charge in [0.1, 0.15) is 0 Å². The van der Waals surface area contributed by atoms with Gasteiger partial charge in [0, 0.05) is 22.6 Å². The Morgan fingerprint density at radius 1 is 1.00 bits per heavy atom. The number of hydrogen-bond donors (Lipinski definition) is 1. The Balaban J connectivity index is 1.50. The van der Waals surface area contributed by atoms with Crippen molar-refractivity contribution in [2.75, 3.05) is 5.32 Å². The van der Waals surface area contributed by atoms with E-state index in [0.717, 1.165) is 16.8 Å². The average molecular weight is 375 g/mol. The number of anilines is 1. The van der Waals surface area contributed by atoms with Gasteiger partial charge in [0.2, 0.25) is 0 Å². The molecule has 0 atom stereocenters. The summed E-state index contributed by atoms with van der Waals surface area (Å²) in [5.41, 5.74) is 5.41. The molecule has 0 saturated carbocycles. The van der Waals surface area contributed by atoms with Gasteiger partial charge >= 0.3 is 0 Å². The lowest BCUT2D eigenvalue weighted by molar-refractivity contribution is 0.101. The topological polar surface area (TPSA) is 68.0 Å². The molecule has 2 heterocycles. The molecule has 0 saturated heterocycles. The summed E-state index contributed by atoms with van der Waals surface area (Å²) in [6.07, 6.45) is 0. The van der Waals surface area contributed by atoms with Crippen LogP contribution in [0.3, 0.4) is 0 Å². The predicted molar refractivity (Wildman–Crippen MR) is 107 cm³/mol. The van der Waals surface area contributed by atoms with Gasteiger partial charge in [0.05, 0.1) is 5.69 Å². The minimum atomic E-state index is -0.345. The Labute approximate surface area is 160 Å². The van der Waals surface area contributed by atoms with Crippen LogP contribution in [-0.4, -0.2) is 16.0 Å². The molecule has 0 bridgehead atoms. The van der Waals surface area contributed by atoms with Crippen molar-refractivity contribution in [3.63, 3.8) is 0 Å². The third-order valence-corrected chi connectivity index (χ3v) is 5.09. The second kappa shape index (κ2) is 7.17. The first-order chi connectivity index (χ1) is 13.1. The van der Waals surface area contributed by atoms with Gasteiger partial charge < -0.3 is 4.52 Å². The summed E-state index contributed by atoms with van der Waals surface area (Å²) in [4.78, 5) is 16.9. The van der Waals surface area contributed by atoms with Gasteiger partial charge in [-0.15, -0.1) is 11.3 Å². The first kappa shape index (κ1) is 17.2. The molecule has 6 heteroatoms. The number of rotatable bonds is 4. The van der Waals surface area contributed by atoms with E-state index in [1.165, 1.54) is 22.5 Å². The minimum Gasteiger partial charge on any atom is -0.355 e. The molecular formula is C21H17N3O2S. The Hall–Kier alpha value is -3.25. The van der Waals surface area contributed by atoms with Crippen LogP contribution in [0.15, 0.2) is 64.5 Å². The second-order valence-corrected chi connectivity index (χ2v) is 7.09. The summed E-state index contributed by atoms with van der Waals surface area (Å²) >= 11 is 1.38. The van der Waals surface area contributed by atoms with Gasteiger partial charge in [-0.1, -0.05) is 47.6 Å². The normalized spacial score (nSPS) is 10.7. The molecule has 2 aromatic carbocycles. The van der Waals surface area contributed by atoms with Crippen molar-refractivity contribution >= 4 is 22.4 Å². The molecule has 0 fully saturated rings. The van der Waals surface area contributed by atoms with Crippen molar-refractivity contribution in [3.8, 4) is 22.6 Å². The van der Waals surface area contributed by atoms with E-state index >= 15 is 0 Å². The lowest BCUT2D eigenvalue weighted by atomic mass is 10.1. The third-order valence-electron chi connectivity index (χ3n) is 4.33. The number of nitrogens with one attached hydrogen (secondary N) is 1. The number of nitrogens with zero attached hydrogens (tertiary/aromatic N) is 2. The Bertz CT molecular complexity index is 1100. The highest BCUT2D eigenvalue weighted by Gasteiger charge is 2.15. The molecule has 134 valence electrons. The lowest BCUT2D eigenvalue weighted by Crippen LogP contribution is -2.11. The molecule has 0 aliphatic carbocycles. The molecular weight excluding hydrogens is 358 g/mol. The van der Waals surface area contributed by atoms with Crippen LogP contribution in [0.4, 0.5) is 5.13 Å². The SMILES string of the molecule is Cc1ccc(-c2csc(NC(=O)c3cc(-c4ccccc4)on3)n2)cc1C. The van der Waals surface area contributed by atoms with E-state index in [0.29, 0.717) is 10.9 Å². The van der Waals surface area contributed by atoms with Crippen LogP contribution in [0, 0.1) is 13.8 Å². The van der Waals surface area contributed by atoms with Gasteiger partial charge in [-0.05, 0) is 31.0 Å². The van der Waals surface area contributed by atoms with Crippen molar-refractivity contribution in [2.24, 2.45) is 0 Å². The Morgan fingerprint density at radius 3 is 2.59 bits per heavy atom. The van der Waals surface area contributed by atoms with E-state index < -0.39 is 0 Å². The summed E-state index contributed by atoms with van der Waals surface area (Å²) in [6.45, 7) is 4.15. The molecule has 0 unspecified atom stereocenters. The molecule has 0 aliphatic rings. The van der Waals surface area contributed by atoms with Gasteiger partial charge in [-0.3, -0.25) is 10.1 Å². The first-order valence-corrected chi connectivity index (χ1v) is 9.35. The molecule has 2 aromatic heterocycles. The van der Waals surface area contributed by atoms with Crippen molar-refractivity contribution in [1.29, 1.82) is 0 Å². The predicted octanol–water partition coefficient (Wildman–Crippen LogP) is 5.33. The summed E-state index contributed by atoms with van der Waals surface area (Å²) in [5.74, 6) is 0.206. The number of hydrogen-bond acceptors (Lipinski definition) is 5. The quantitative estimate of drug-likeness (QED) is 0.523. The van der Waals surface area contributed by atoms with Crippen LogP contribution in [0.25, 0.3) is 22.6 Å². The van der Waals surface area contributed by atoms with E-state index in [4.69, 9.17) is 4.52 Å². The van der Waals surface area contributed by atoms with Crippen LogP contribution in [-0.2, 0) is 0 Å². The van der Waals surface area contributed by atoms with E-state index in [-0.39, 0.29) is 11.6 Å². The fourth-order valence-corrected chi connectivity index (χ4v) is 3.36. The molecule has 4 aromatic rings. The number of aromatic nitrogens is 2. The zero-order valence-electron chi connectivity index (χ0n) is 14.9. The molecule has 4 rings (SSSR count). The summed E-state index contributed by atoms with van der Waals surface area (Å²) in [6, 6.07) is 17.4. The number of thiazole rings is 1. The molecule has 0 aliphatic heterocycles. The lowest BCUT2D eigenvalue weighted by Gasteiger charge is -2.02. The molecule has 1 N–H and O–H groups in total. The zero-order valence-corrected chi connectivity index (χ0v) is 15.7. The maximum atomic E-state index is 12.4. The molecule has 1 amide bonds. The first-order valence-electron chi connectivity index (χ1n) is 8.47. The molecule has 5 nitrogen and oxygen atoms in total. The molecule has 27 heavy (non-hydrogen) atoms. The summed E-state index contributed by atoms with van der Waals surface area (Å²) in [7, 11) is 0. The number of carbonyl (C=O) groups is 1. The van der Waals surface area contributed by atoms with Crippen LogP contribution in [0.2, 0.25) is 0 Å². The van der Waals surface area contributed by atoms with Crippen molar-refractivity contribution in [1.82, 2.24) is 10.1 Å². The molecule has 0 radical (unpaired) electrons. The minimum absolute atomic E-state index is 0.219. The Kier molecular flexibility index (Phi) is 4.56. The van der Waals surface area contributed by atoms with Crippen LogP contribution in [0.5, 0.6) is 0 Å². The summed E-state index contributed by atoms with van der Waals surface area (Å²) in [5, 5.41) is 9.10. The summed E-state index contributed by atoms with van der Waals surface area (Å²) < 4.78 is 5.28. The van der Waals surface area contributed by atoms with Crippen LogP contribution < -0.4 is 5.32 Å². The van der Waals surface area contributed by atoms with E-state index in [1.807, 2.05) is 41.8 Å². The largest absolute Gasteiger partial charge is 0.355 e. The van der Waals surface area contributed by atoms with E-state index in [9.17, 15) is 4.79 Å². The Morgan fingerprint density at radius 2 is 1.81 bits per heavy atom. The third kappa shape index (κ3) is 3.66. The average Bonchev–Trinajstić information content (AvgIpc) is 3.34. The van der Waals surface area contributed by atoms with Gasteiger partial charge in [-0.2, -0.15) is 0 Å². The highest BCUT2D eigenvalue weighted by atomic mass is 32.1. The van der Waals surface area contributed by atoms with E-state index in [1.54, 1.807) is 6.07 Å². The van der Waals surface area contributed by atoms with Crippen LogP contribution in [0.1, 0.15) is 21.6 Å². The van der Waals surface area contributed by atoms with Gasteiger partial charge in [-0.25, -0.2) is 4.98 Å². The highest BCUT2D eigenvalue weighted by molar-refractivity contribution is 7.14. The smallest absolute Gasteiger partial charge is 0.279 e. The standard InChI is InChI=1S/C21H17N3O2S/c1-13-8-9-16(10-14(13)2)18-12-27-21(22-18)23-20(25)17-11-19(26-24-17)15-6-4-3-5-7-15/h3-12H,1-2H3,(H,22,23,25). The number of aryl methyl sites for hydroxylation is 2. The van der Waals surface area contributed by atoms with Crippen molar-refractivity contribution < 1.29 is 9.32 Å². The number of amides is 1. The monoisotopic (exact) mass is 375 g/mol. The van der Waals surface area contributed by atoms with Crippen molar-refractivity contribution in [3.05, 3.63) is 76.8 Å². The maximum absolute atomic E-state index is 12.4. The van der Waals surface area contributed by atoms with Crippen molar-refractivity contribution in [2.45, 2.75) is 13.8 Å². The number of carbonyl (C=O) groups excluding carboxylic acids is 1. The fraction of sp³-hybridized carbons (Fsp3) is 0.0952. The molecule has 0 spiro atoms. The number of benzene rings is 2. The second-order valence-electron chi connectivity index (χ2n) is 6.23. The van der Waals surface area contributed by atoms with Gasteiger partial charge in [0.15, 0.2) is 16.6 Å². The zero-order chi connectivity index (χ0) is 18.8.